The first-order valence-electron chi connectivity index (χ1n) is 6.95. The monoisotopic (exact) mass is 281 g/mol. The molecule has 2 atom stereocenters. The lowest BCUT2D eigenvalue weighted by Crippen LogP contribution is -2.38. The number of rotatable bonds is 9. The molecule has 0 aromatic heterocycles. The summed E-state index contributed by atoms with van der Waals surface area (Å²) in [5.41, 5.74) is 0.738. The molecule has 0 saturated heterocycles. The van der Waals surface area contributed by atoms with Crippen LogP contribution >= 0.6 is 0 Å². The first-order chi connectivity index (χ1) is 9.58. The van der Waals surface area contributed by atoms with Crippen LogP contribution in [0.3, 0.4) is 0 Å². The van der Waals surface area contributed by atoms with Gasteiger partial charge >= 0.3 is 5.97 Å². The maximum Gasteiger partial charge on any atom is 0.320 e. The van der Waals surface area contributed by atoms with Crippen LogP contribution in [0.5, 0.6) is 5.75 Å². The van der Waals surface area contributed by atoms with E-state index in [-0.39, 0.29) is 6.54 Å². The third kappa shape index (κ3) is 5.19. The maximum atomic E-state index is 10.9. The van der Waals surface area contributed by atoms with Crippen molar-refractivity contribution in [2.45, 2.75) is 38.8 Å². The van der Waals surface area contributed by atoms with Gasteiger partial charge in [-0.1, -0.05) is 26.0 Å². The zero-order valence-corrected chi connectivity index (χ0v) is 12.0. The lowest BCUT2D eigenvalue weighted by molar-refractivity contribution is -0.139. The van der Waals surface area contributed by atoms with Crippen molar-refractivity contribution in [1.29, 1.82) is 0 Å². The highest BCUT2D eigenvalue weighted by atomic mass is 16.5. The Hall–Kier alpha value is -1.59. The van der Waals surface area contributed by atoms with E-state index in [0.29, 0.717) is 13.0 Å². The van der Waals surface area contributed by atoms with Crippen molar-refractivity contribution < 1.29 is 19.7 Å². The lowest BCUT2D eigenvalue weighted by atomic mass is 10.1. The van der Waals surface area contributed by atoms with E-state index in [2.05, 4.69) is 5.32 Å². The maximum absolute atomic E-state index is 10.9. The zero-order valence-electron chi connectivity index (χ0n) is 12.0. The molecule has 112 valence electrons. The molecule has 0 bridgehead atoms. The number of benzene rings is 1. The molecular formula is C15H23NO4. The Morgan fingerprint density at radius 2 is 1.95 bits per heavy atom. The van der Waals surface area contributed by atoms with E-state index < -0.39 is 18.1 Å². The minimum Gasteiger partial charge on any atom is -0.494 e. The van der Waals surface area contributed by atoms with Crippen molar-refractivity contribution >= 4 is 5.97 Å². The number of carboxylic acids is 1. The second-order valence-corrected chi connectivity index (χ2v) is 4.64. The number of nitrogens with one attached hydrogen (secondary N) is 1. The van der Waals surface area contributed by atoms with Crippen molar-refractivity contribution in [3.63, 3.8) is 0 Å². The summed E-state index contributed by atoms with van der Waals surface area (Å²) >= 11 is 0. The van der Waals surface area contributed by atoms with Gasteiger partial charge in [0.05, 0.1) is 12.7 Å². The molecule has 5 nitrogen and oxygen atoms in total. The summed E-state index contributed by atoms with van der Waals surface area (Å²) in [6, 6.07) is 6.57. The fraction of sp³-hybridized carbons (Fsp3) is 0.533. The van der Waals surface area contributed by atoms with Gasteiger partial charge in [0.1, 0.15) is 11.8 Å². The van der Waals surface area contributed by atoms with Gasteiger partial charge in [-0.3, -0.25) is 4.79 Å². The van der Waals surface area contributed by atoms with Gasteiger partial charge < -0.3 is 20.3 Å². The van der Waals surface area contributed by atoms with Gasteiger partial charge in [-0.05, 0) is 30.5 Å². The fourth-order valence-electron chi connectivity index (χ4n) is 1.78. The van der Waals surface area contributed by atoms with E-state index in [1.807, 2.05) is 19.1 Å². The molecule has 0 saturated carbocycles. The van der Waals surface area contributed by atoms with Crippen molar-refractivity contribution in [2.24, 2.45) is 0 Å². The van der Waals surface area contributed by atoms with Crippen molar-refractivity contribution in [1.82, 2.24) is 5.32 Å². The van der Waals surface area contributed by atoms with E-state index >= 15 is 0 Å². The number of aliphatic hydroxyl groups excluding tert-OH is 1. The van der Waals surface area contributed by atoms with Gasteiger partial charge in [0, 0.05) is 6.54 Å². The summed E-state index contributed by atoms with van der Waals surface area (Å²) in [7, 11) is 0. The largest absolute Gasteiger partial charge is 0.494 e. The van der Waals surface area contributed by atoms with Crippen LogP contribution in [0.4, 0.5) is 0 Å². The van der Waals surface area contributed by atoms with Gasteiger partial charge in [0.2, 0.25) is 0 Å². The lowest BCUT2D eigenvalue weighted by Gasteiger charge is -2.16. The third-order valence-electron chi connectivity index (χ3n) is 3.00. The zero-order chi connectivity index (χ0) is 15.0. The molecule has 0 radical (unpaired) electrons. The SMILES string of the molecule is CCCOc1ccc(C(O)CNC(CC)C(=O)O)cc1. The summed E-state index contributed by atoms with van der Waals surface area (Å²) in [5.74, 6) is -0.129. The topological polar surface area (TPSA) is 78.8 Å². The van der Waals surface area contributed by atoms with Crippen LogP contribution in [0.25, 0.3) is 0 Å². The summed E-state index contributed by atoms with van der Waals surface area (Å²) in [6.45, 7) is 4.70. The molecule has 20 heavy (non-hydrogen) atoms. The second-order valence-electron chi connectivity index (χ2n) is 4.64. The molecule has 0 aliphatic carbocycles. The summed E-state index contributed by atoms with van der Waals surface area (Å²) in [4.78, 5) is 10.9. The number of aliphatic carboxylic acids is 1. The Bertz CT molecular complexity index is 405. The van der Waals surface area contributed by atoms with Crippen molar-refractivity contribution in [3.8, 4) is 5.75 Å². The minimum absolute atomic E-state index is 0.208. The van der Waals surface area contributed by atoms with Gasteiger partial charge in [-0.15, -0.1) is 0 Å². The van der Waals surface area contributed by atoms with Crippen LogP contribution in [-0.2, 0) is 4.79 Å². The third-order valence-corrected chi connectivity index (χ3v) is 3.00. The molecule has 1 rings (SSSR count). The number of ether oxygens (including phenoxy) is 1. The number of carboxylic acid groups (broad SMARTS) is 1. The fourth-order valence-corrected chi connectivity index (χ4v) is 1.78. The van der Waals surface area contributed by atoms with Gasteiger partial charge in [-0.2, -0.15) is 0 Å². The Morgan fingerprint density at radius 1 is 1.30 bits per heavy atom. The van der Waals surface area contributed by atoms with E-state index in [1.165, 1.54) is 0 Å². The summed E-state index contributed by atoms with van der Waals surface area (Å²) in [5, 5.41) is 21.8. The van der Waals surface area contributed by atoms with Crippen LogP contribution in [0, 0.1) is 0 Å². The van der Waals surface area contributed by atoms with Crippen LogP contribution < -0.4 is 10.1 Å². The predicted molar refractivity (Wildman–Crippen MR) is 76.9 cm³/mol. The average molecular weight is 281 g/mol. The molecular weight excluding hydrogens is 258 g/mol. The van der Waals surface area contributed by atoms with E-state index in [1.54, 1.807) is 19.1 Å². The number of hydrogen-bond acceptors (Lipinski definition) is 4. The number of hydrogen-bond donors (Lipinski definition) is 3. The highest BCUT2D eigenvalue weighted by molar-refractivity contribution is 5.73. The Labute approximate surface area is 119 Å². The molecule has 3 N–H and O–H groups in total. The normalized spacial score (nSPS) is 13.8. The van der Waals surface area contributed by atoms with Gasteiger partial charge in [0.15, 0.2) is 0 Å². The molecule has 2 unspecified atom stereocenters. The molecule has 5 heteroatoms. The Balaban J connectivity index is 2.50. The quantitative estimate of drug-likeness (QED) is 0.645. The average Bonchev–Trinajstić information content (AvgIpc) is 2.45. The highest BCUT2D eigenvalue weighted by Crippen LogP contribution is 2.17. The molecule has 0 fully saturated rings. The standard InChI is InChI=1S/C15H23NO4/c1-3-9-20-12-7-5-11(6-8-12)14(17)10-16-13(4-2)15(18)19/h5-8,13-14,16-17H,3-4,9-10H2,1-2H3,(H,18,19). The first kappa shape index (κ1) is 16.5. The van der Waals surface area contributed by atoms with E-state index in [0.717, 1.165) is 17.7 Å². The van der Waals surface area contributed by atoms with Gasteiger partial charge in [0.25, 0.3) is 0 Å². The van der Waals surface area contributed by atoms with E-state index in [4.69, 9.17) is 9.84 Å². The molecule has 1 aromatic rings. The molecule has 0 aliphatic rings. The van der Waals surface area contributed by atoms with Crippen LogP contribution in [0.2, 0.25) is 0 Å². The second kappa shape index (κ2) is 8.55. The minimum atomic E-state index is -0.900. The molecule has 0 heterocycles. The smallest absolute Gasteiger partial charge is 0.320 e. The highest BCUT2D eigenvalue weighted by Gasteiger charge is 2.16. The number of aliphatic hydroxyl groups is 1. The first-order valence-corrected chi connectivity index (χ1v) is 6.95. The molecule has 0 amide bonds. The number of carbonyl (C=O) groups is 1. The van der Waals surface area contributed by atoms with Crippen molar-refractivity contribution in [3.05, 3.63) is 29.8 Å². The van der Waals surface area contributed by atoms with Crippen LogP contribution in [-0.4, -0.2) is 35.4 Å². The van der Waals surface area contributed by atoms with Crippen LogP contribution in [0.1, 0.15) is 38.4 Å². The van der Waals surface area contributed by atoms with Crippen molar-refractivity contribution in [2.75, 3.05) is 13.2 Å². The van der Waals surface area contributed by atoms with Crippen LogP contribution in [0.15, 0.2) is 24.3 Å². The molecule has 1 aromatic carbocycles. The van der Waals surface area contributed by atoms with Gasteiger partial charge in [-0.25, -0.2) is 0 Å². The Kier molecular flexibility index (Phi) is 7.04. The van der Waals surface area contributed by atoms with E-state index in [9.17, 15) is 9.90 Å². The molecule has 0 spiro atoms. The molecule has 0 aliphatic heterocycles. The predicted octanol–water partition coefficient (Wildman–Crippen LogP) is 1.96. The Morgan fingerprint density at radius 3 is 2.45 bits per heavy atom. The summed E-state index contributed by atoms with van der Waals surface area (Å²) < 4.78 is 5.46. The summed E-state index contributed by atoms with van der Waals surface area (Å²) in [6.07, 6.45) is 0.692.